The average Bonchev–Trinajstić information content (AvgIpc) is 2.34. The molecule has 3 N–H and O–H groups in total. The van der Waals surface area contributed by atoms with Crippen LogP contribution < -0.4 is 10.6 Å². The second-order valence-electron chi connectivity index (χ2n) is 3.52. The molecule has 1 aromatic carbocycles. The summed E-state index contributed by atoms with van der Waals surface area (Å²) in [6.07, 6.45) is -1.15. The number of benzene rings is 1. The molecular formula is C11H12BrFN2O4. The largest absolute Gasteiger partial charge is 0.479 e. The Morgan fingerprint density at radius 1 is 1.53 bits per heavy atom. The van der Waals surface area contributed by atoms with Crippen LogP contribution >= 0.6 is 15.9 Å². The van der Waals surface area contributed by atoms with E-state index in [0.717, 1.165) is 0 Å². The van der Waals surface area contributed by atoms with E-state index in [9.17, 15) is 14.0 Å². The number of anilines is 1. The van der Waals surface area contributed by atoms with Crippen LogP contribution in [-0.4, -0.2) is 36.9 Å². The topological polar surface area (TPSA) is 87.7 Å². The molecule has 6 nitrogen and oxygen atoms in total. The summed E-state index contributed by atoms with van der Waals surface area (Å²) in [5, 5.41) is 13.2. The number of carboxylic acid groups (broad SMARTS) is 1. The molecule has 0 fully saturated rings. The first kappa shape index (κ1) is 15.4. The molecule has 0 saturated carbocycles. The van der Waals surface area contributed by atoms with E-state index in [0.29, 0.717) is 4.47 Å². The maximum Gasteiger partial charge on any atom is 0.334 e. The minimum Gasteiger partial charge on any atom is -0.479 e. The molecule has 1 aromatic rings. The number of methoxy groups -OCH3 is 1. The summed E-state index contributed by atoms with van der Waals surface area (Å²) >= 11 is 3.14. The number of hydrogen-bond donors (Lipinski definition) is 3. The number of amides is 2. The highest BCUT2D eigenvalue weighted by molar-refractivity contribution is 9.10. The molecule has 0 spiro atoms. The fourth-order valence-corrected chi connectivity index (χ4v) is 1.58. The molecule has 19 heavy (non-hydrogen) atoms. The third-order valence-electron chi connectivity index (χ3n) is 2.18. The maximum atomic E-state index is 13.3. The number of urea groups is 1. The van der Waals surface area contributed by atoms with E-state index in [2.05, 4.69) is 31.3 Å². The minimum absolute atomic E-state index is 0.0174. The summed E-state index contributed by atoms with van der Waals surface area (Å²) in [6, 6.07) is 3.35. The first-order valence-electron chi connectivity index (χ1n) is 5.19. The zero-order valence-electron chi connectivity index (χ0n) is 9.94. The molecule has 0 aromatic heterocycles. The highest BCUT2D eigenvalue weighted by Gasteiger charge is 2.17. The molecule has 0 heterocycles. The Kier molecular flexibility index (Phi) is 5.71. The lowest BCUT2D eigenvalue weighted by Gasteiger charge is -2.12. The Morgan fingerprint density at radius 3 is 2.79 bits per heavy atom. The van der Waals surface area contributed by atoms with Crippen molar-refractivity contribution < 1.29 is 23.8 Å². The van der Waals surface area contributed by atoms with Crippen LogP contribution in [0.25, 0.3) is 0 Å². The van der Waals surface area contributed by atoms with Crippen molar-refractivity contribution >= 4 is 33.6 Å². The number of halogens is 2. The summed E-state index contributed by atoms with van der Waals surface area (Å²) in [7, 11) is 1.21. The van der Waals surface area contributed by atoms with E-state index in [1.54, 1.807) is 0 Å². The summed E-state index contributed by atoms with van der Waals surface area (Å²) in [5.41, 5.74) is -0.0174. The first-order valence-corrected chi connectivity index (χ1v) is 5.99. The molecule has 0 aliphatic rings. The van der Waals surface area contributed by atoms with Crippen molar-refractivity contribution in [3.8, 4) is 0 Å². The predicted octanol–water partition coefficient (Wildman–Crippen LogP) is 1.81. The van der Waals surface area contributed by atoms with Gasteiger partial charge in [-0.2, -0.15) is 0 Å². The van der Waals surface area contributed by atoms with Gasteiger partial charge < -0.3 is 20.5 Å². The fourth-order valence-electron chi connectivity index (χ4n) is 1.22. The molecule has 8 heteroatoms. The van der Waals surface area contributed by atoms with Gasteiger partial charge in [-0.3, -0.25) is 0 Å². The van der Waals surface area contributed by atoms with Crippen molar-refractivity contribution in [3.05, 3.63) is 28.5 Å². The number of ether oxygens (including phenoxy) is 1. The van der Waals surface area contributed by atoms with Crippen LogP contribution in [0.15, 0.2) is 22.7 Å². The number of hydrogen-bond acceptors (Lipinski definition) is 3. The van der Waals surface area contributed by atoms with Crippen LogP contribution in [-0.2, 0) is 9.53 Å². The minimum atomic E-state index is -1.20. The number of aliphatic carboxylic acids is 1. The van der Waals surface area contributed by atoms with Gasteiger partial charge in [0.05, 0.1) is 12.2 Å². The number of carboxylic acids is 1. The predicted molar refractivity (Wildman–Crippen MR) is 69.6 cm³/mol. The van der Waals surface area contributed by atoms with E-state index in [1.165, 1.54) is 25.3 Å². The van der Waals surface area contributed by atoms with Gasteiger partial charge in [0.15, 0.2) is 6.10 Å². The van der Waals surface area contributed by atoms with Gasteiger partial charge >= 0.3 is 12.0 Å². The molecule has 0 bridgehead atoms. The summed E-state index contributed by atoms with van der Waals surface area (Å²) in [4.78, 5) is 22.1. The van der Waals surface area contributed by atoms with Gasteiger partial charge in [0.1, 0.15) is 5.82 Å². The van der Waals surface area contributed by atoms with Crippen molar-refractivity contribution in [1.29, 1.82) is 0 Å². The molecule has 1 unspecified atom stereocenters. The second-order valence-corrected chi connectivity index (χ2v) is 4.44. The zero-order chi connectivity index (χ0) is 14.4. The van der Waals surface area contributed by atoms with Gasteiger partial charge in [-0.05, 0) is 18.2 Å². The average molecular weight is 335 g/mol. The van der Waals surface area contributed by atoms with Crippen molar-refractivity contribution in [2.45, 2.75) is 6.10 Å². The van der Waals surface area contributed by atoms with E-state index >= 15 is 0 Å². The second kappa shape index (κ2) is 7.05. The molecule has 0 aliphatic carbocycles. The van der Waals surface area contributed by atoms with Crippen LogP contribution in [0, 0.1) is 5.82 Å². The van der Waals surface area contributed by atoms with Crippen LogP contribution in [0.5, 0.6) is 0 Å². The molecule has 1 atom stereocenters. The highest BCUT2D eigenvalue weighted by atomic mass is 79.9. The number of carbonyl (C=O) groups excluding carboxylic acids is 1. The van der Waals surface area contributed by atoms with Gasteiger partial charge in [-0.25, -0.2) is 14.0 Å². The molecule has 2 amide bonds. The fraction of sp³-hybridized carbons (Fsp3) is 0.273. The third kappa shape index (κ3) is 4.84. The summed E-state index contributed by atoms with van der Waals surface area (Å²) in [5.74, 6) is -1.80. The monoisotopic (exact) mass is 334 g/mol. The maximum absolute atomic E-state index is 13.3. The zero-order valence-corrected chi connectivity index (χ0v) is 11.5. The van der Waals surface area contributed by atoms with Gasteiger partial charge in [-0.1, -0.05) is 15.9 Å². The van der Waals surface area contributed by atoms with Crippen molar-refractivity contribution in [2.24, 2.45) is 0 Å². The summed E-state index contributed by atoms with van der Waals surface area (Å²) in [6.45, 7) is -0.229. The highest BCUT2D eigenvalue weighted by Crippen LogP contribution is 2.19. The lowest BCUT2D eigenvalue weighted by molar-refractivity contribution is -0.147. The van der Waals surface area contributed by atoms with E-state index < -0.39 is 23.9 Å². The van der Waals surface area contributed by atoms with Crippen molar-refractivity contribution in [1.82, 2.24) is 5.32 Å². The molecule has 0 saturated heterocycles. The Balaban J connectivity index is 2.56. The molecule has 0 radical (unpaired) electrons. The number of nitrogens with one attached hydrogen (secondary N) is 2. The van der Waals surface area contributed by atoms with Crippen LogP contribution in [0.2, 0.25) is 0 Å². The Morgan fingerprint density at radius 2 is 2.21 bits per heavy atom. The van der Waals surface area contributed by atoms with Crippen LogP contribution in [0.3, 0.4) is 0 Å². The van der Waals surface area contributed by atoms with Crippen molar-refractivity contribution in [2.75, 3.05) is 19.0 Å². The smallest absolute Gasteiger partial charge is 0.334 e. The van der Waals surface area contributed by atoms with E-state index in [-0.39, 0.29) is 12.2 Å². The molecule has 1 rings (SSSR count). The SMILES string of the molecule is COC(CNC(=O)Nc1cc(Br)ccc1F)C(=O)O. The van der Waals surface area contributed by atoms with Gasteiger partial charge in [0, 0.05) is 11.6 Å². The van der Waals surface area contributed by atoms with Crippen LogP contribution in [0.4, 0.5) is 14.9 Å². The standard InChI is InChI=1S/C11H12BrFN2O4/c1-19-9(10(16)17)5-14-11(18)15-8-4-6(12)2-3-7(8)13/h2-4,9H,5H2,1H3,(H,16,17)(H2,14,15,18). The van der Waals surface area contributed by atoms with Gasteiger partial charge in [0.25, 0.3) is 0 Å². The molecule has 0 aliphatic heterocycles. The quantitative estimate of drug-likeness (QED) is 0.766. The Labute approximate surface area is 117 Å². The number of carbonyl (C=O) groups is 2. The van der Waals surface area contributed by atoms with Crippen LogP contribution in [0.1, 0.15) is 0 Å². The Hall–Kier alpha value is -1.67. The first-order chi connectivity index (χ1) is 8.93. The van der Waals surface area contributed by atoms with E-state index in [4.69, 9.17) is 5.11 Å². The molecular weight excluding hydrogens is 323 g/mol. The van der Waals surface area contributed by atoms with E-state index in [1.807, 2.05) is 0 Å². The van der Waals surface area contributed by atoms with Gasteiger partial charge in [-0.15, -0.1) is 0 Å². The lowest BCUT2D eigenvalue weighted by atomic mass is 10.3. The summed E-state index contributed by atoms with van der Waals surface area (Å²) < 4.78 is 18.6. The third-order valence-corrected chi connectivity index (χ3v) is 2.68. The normalized spacial score (nSPS) is 11.7. The van der Waals surface area contributed by atoms with Gasteiger partial charge in [0.2, 0.25) is 0 Å². The molecule has 104 valence electrons. The number of rotatable bonds is 5. The lowest BCUT2D eigenvalue weighted by Crippen LogP contribution is -2.39. The Bertz CT molecular complexity index is 484. The van der Waals surface area contributed by atoms with Crippen molar-refractivity contribution in [3.63, 3.8) is 0 Å².